The summed E-state index contributed by atoms with van der Waals surface area (Å²) in [6.07, 6.45) is 18.2. The van der Waals surface area contributed by atoms with E-state index < -0.39 is 51.4 Å². The van der Waals surface area contributed by atoms with Crippen LogP contribution < -0.4 is 0 Å². The first-order valence-corrected chi connectivity index (χ1v) is 29.5. The van der Waals surface area contributed by atoms with Gasteiger partial charge in [0.05, 0.1) is 0 Å². The third kappa shape index (κ3) is 19.0. The molecular weight excluding hydrogens is 690 g/mol. The van der Waals surface area contributed by atoms with E-state index in [2.05, 4.69) is 41.5 Å². The molecule has 0 fully saturated rings. The Kier molecular flexibility index (Phi) is 27.2. The Morgan fingerprint density at radius 2 is 1.24 bits per heavy atom. The summed E-state index contributed by atoms with van der Waals surface area (Å²) < 4.78 is 25.2. The molecule has 2 atom stereocenters. The van der Waals surface area contributed by atoms with Crippen LogP contribution in [0.1, 0.15) is 151 Å². The van der Waals surface area contributed by atoms with Gasteiger partial charge in [-0.25, -0.2) is 0 Å². The van der Waals surface area contributed by atoms with Crippen molar-refractivity contribution in [3.63, 3.8) is 0 Å². The van der Waals surface area contributed by atoms with Gasteiger partial charge >= 0.3 is 251 Å². The van der Waals surface area contributed by atoms with Crippen LogP contribution in [0.3, 0.4) is 0 Å². The van der Waals surface area contributed by atoms with Gasteiger partial charge in [0.15, 0.2) is 0 Å². The Morgan fingerprint density at radius 3 is 1.74 bits per heavy atom. The molecule has 0 radical (unpaired) electrons. The molecule has 0 spiro atoms. The molecule has 38 heavy (non-hydrogen) atoms. The molecule has 0 aromatic rings. The number of rotatable bonds is 28. The van der Waals surface area contributed by atoms with E-state index in [-0.39, 0.29) is 0 Å². The fraction of sp³-hybridized carbons (Fsp3) is 0.968. The van der Waals surface area contributed by atoms with E-state index in [0.717, 1.165) is 19.3 Å². The Morgan fingerprint density at radius 1 is 0.711 bits per heavy atom. The van der Waals surface area contributed by atoms with Gasteiger partial charge in [0.25, 0.3) is 0 Å². The van der Waals surface area contributed by atoms with E-state index in [9.17, 15) is 9.90 Å². The quantitative estimate of drug-likeness (QED) is 0.0373. The molecule has 0 heterocycles. The topological polar surface area (TPSA) is 65.0 Å². The number of carbonyl (C=O) groups is 1. The zero-order valence-corrected chi connectivity index (χ0v) is 32.5. The zero-order valence-electron chi connectivity index (χ0n) is 26.4. The van der Waals surface area contributed by atoms with Gasteiger partial charge in [-0.15, -0.1) is 0 Å². The molecule has 0 aliphatic heterocycles. The van der Waals surface area contributed by atoms with E-state index in [1.807, 2.05) is 0 Å². The molecule has 0 amide bonds. The van der Waals surface area contributed by atoms with Crippen LogP contribution >= 0.6 is 0 Å². The van der Waals surface area contributed by atoms with Crippen LogP contribution in [0, 0.1) is 0 Å². The van der Waals surface area contributed by atoms with Gasteiger partial charge in [0.2, 0.25) is 0 Å². The molecule has 2 unspecified atom stereocenters. The minimum absolute atomic E-state index is 0.481. The molecule has 0 aliphatic carbocycles. The maximum atomic E-state index is 11.7. The first kappa shape index (κ1) is 38.8. The van der Waals surface area contributed by atoms with Crippen LogP contribution in [0.4, 0.5) is 4.79 Å². The van der Waals surface area contributed by atoms with Crippen molar-refractivity contribution in [2.24, 2.45) is 0 Å². The van der Waals surface area contributed by atoms with Crippen molar-refractivity contribution in [1.29, 1.82) is 0 Å². The van der Waals surface area contributed by atoms with E-state index in [1.54, 1.807) is 0 Å². The number of carboxylic acid groups (broad SMARTS) is 1. The maximum absolute atomic E-state index is 11.7. The fourth-order valence-electron chi connectivity index (χ4n) is 5.62. The molecular formula is C31H66O5Sn2. The molecule has 0 rings (SSSR count). The van der Waals surface area contributed by atoms with Crippen LogP contribution in [0.2, 0.25) is 21.7 Å². The van der Waals surface area contributed by atoms with Crippen molar-refractivity contribution in [3.8, 4) is 0 Å². The van der Waals surface area contributed by atoms with Gasteiger partial charge in [-0.2, -0.15) is 0 Å². The Hall–Kier alpha value is 0.787. The zero-order chi connectivity index (χ0) is 28.5. The summed E-state index contributed by atoms with van der Waals surface area (Å²) >= 11 is -5.23. The predicted octanol–water partition coefficient (Wildman–Crippen LogP) is 10.8. The predicted molar refractivity (Wildman–Crippen MR) is 168 cm³/mol. The Labute approximate surface area is 249 Å². The fourth-order valence-corrected chi connectivity index (χ4v) is 52.9. The standard InChI is InChI=1S/C15H29O4.4C4H9.O.2Sn.H/c1-3-5-7-9-11-13-18-14(19-15(16)17)12-10-8-6-4-2;4*1-3-4-2;;;;/h10,14H,3-9,11-13H2,1-2H3,(H,16,17);4*1,3-4H2,2H3;;;;. The Bertz CT molecular complexity index is 518. The summed E-state index contributed by atoms with van der Waals surface area (Å²) in [7, 11) is 0. The Balaban J connectivity index is 6.03. The van der Waals surface area contributed by atoms with Crippen molar-refractivity contribution in [3.05, 3.63) is 0 Å². The van der Waals surface area contributed by atoms with Crippen molar-refractivity contribution >= 4 is 45.1 Å². The summed E-state index contributed by atoms with van der Waals surface area (Å²) in [5.41, 5.74) is 0. The summed E-state index contributed by atoms with van der Waals surface area (Å²) in [5.74, 6) is 0. The van der Waals surface area contributed by atoms with Crippen molar-refractivity contribution < 1.29 is 20.8 Å². The molecule has 228 valence electrons. The van der Waals surface area contributed by atoms with Crippen LogP contribution in [-0.4, -0.2) is 63.1 Å². The van der Waals surface area contributed by atoms with Gasteiger partial charge in [0, 0.05) is 0 Å². The molecule has 0 aromatic carbocycles. The van der Waals surface area contributed by atoms with Gasteiger partial charge in [-0.1, -0.05) is 0 Å². The molecule has 0 saturated heterocycles. The number of unbranched alkanes of at least 4 members (excludes halogenated alkanes) is 9. The van der Waals surface area contributed by atoms with Gasteiger partial charge in [-0.3, -0.25) is 0 Å². The van der Waals surface area contributed by atoms with E-state index in [0.29, 0.717) is 17.0 Å². The molecule has 0 aliphatic rings. The van der Waals surface area contributed by atoms with Crippen molar-refractivity contribution in [2.75, 3.05) is 6.61 Å². The normalized spacial score (nSPS) is 13.7. The summed E-state index contributed by atoms with van der Waals surface area (Å²) in [6, 6.07) is 0. The minimum atomic E-state index is -3.10. The third-order valence-electron chi connectivity index (χ3n) is 7.98. The monoisotopic (exact) mass is 758 g/mol. The van der Waals surface area contributed by atoms with Crippen LogP contribution in [-0.2, 0) is 10.9 Å². The van der Waals surface area contributed by atoms with E-state index >= 15 is 0 Å². The van der Waals surface area contributed by atoms with E-state index in [1.165, 1.54) is 101 Å². The summed E-state index contributed by atoms with van der Waals surface area (Å²) in [4.78, 5) is 11.7. The van der Waals surface area contributed by atoms with Crippen LogP contribution in [0.15, 0.2) is 0 Å². The average molecular weight is 756 g/mol. The molecule has 0 saturated carbocycles. The average Bonchev–Trinajstić information content (AvgIpc) is 2.90. The first-order valence-electron chi connectivity index (χ1n) is 16.6. The second-order valence-electron chi connectivity index (χ2n) is 11.5. The second-order valence-corrected chi connectivity index (χ2v) is 34.8. The molecule has 5 nitrogen and oxygen atoms in total. The SMILES string of the molecule is CCCCCCCOC(C[CH](CCCC)[Sn]([CH2]CCC)([CH2]CCC)[O][SnH]([CH2]CCC)[CH2]CCC)OC(=O)O. The molecule has 0 aromatic heterocycles. The molecule has 7 heteroatoms. The first-order chi connectivity index (χ1) is 18.4. The summed E-state index contributed by atoms with van der Waals surface area (Å²) in [5, 5.41) is 9.56. The third-order valence-corrected chi connectivity index (χ3v) is 44.2. The second kappa shape index (κ2) is 26.7. The van der Waals surface area contributed by atoms with Crippen LogP contribution in [0.5, 0.6) is 0 Å². The van der Waals surface area contributed by atoms with Gasteiger partial charge in [-0.05, 0) is 0 Å². The molecule has 0 bridgehead atoms. The number of ether oxygens (including phenoxy) is 2. The van der Waals surface area contributed by atoms with Gasteiger partial charge in [0.1, 0.15) is 0 Å². The number of hydrogen-bond acceptors (Lipinski definition) is 4. The number of hydrogen-bond donors (Lipinski definition) is 1. The molecule has 1 N–H and O–H groups in total. The van der Waals surface area contributed by atoms with Crippen LogP contribution in [0.25, 0.3) is 0 Å². The van der Waals surface area contributed by atoms with Gasteiger partial charge < -0.3 is 0 Å². The van der Waals surface area contributed by atoms with E-state index in [4.69, 9.17) is 10.9 Å². The summed E-state index contributed by atoms with van der Waals surface area (Å²) in [6.45, 7) is 14.3. The van der Waals surface area contributed by atoms with Crippen molar-refractivity contribution in [2.45, 2.75) is 179 Å². The van der Waals surface area contributed by atoms with Crippen molar-refractivity contribution in [1.82, 2.24) is 0 Å².